The van der Waals surface area contributed by atoms with Crippen molar-refractivity contribution in [1.29, 1.82) is 0 Å². The maximum Gasteiger partial charge on any atom is 0.405 e. The van der Waals surface area contributed by atoms with E-state index < -0.39 is 12.7 Å². The highest BCUT2D eigenvalue weighted by Crippen LogP contribution is 2.27. The SMILES string of the molecule is CCCN(CC(F)(F)F)c1ccc(CNC)c(Br)c1. The molecule has 0 aromatic heterocycles. The first-order chi connectivity index (χ1) is 8.87. The Kier molecular flexibility index (Phi) is 6.13. The average Bonchev–Trinajstić information content (AvgIpc) is 2.30. The van der Waals surface area contributed by atoms with E-state index in [-0.39, 0.29) is 0 Å². The fraction of sp³-hybridized carbons (Fsp3) is 0.538. The van der Waals surface area contributed by atoms with E-state index in [2.05, 4.69) is 21.2 Å². The molecule has 0 saturated carbocycles. The highest BCUT2D eigenvalue weighted by molar-refractivity contribution is 9.10. The van der Waals surface area contributed by atoms with Crippen LogP contribution in [0.3, 0.4) is 0 Å². The van der Waals surface area contributed by atoms with Gasteiger partial charge in [0.2, 0.25) is 0 Å². The zero-order valence-electron chi connectivity index (χ0n) is 11.0. The number of alkyl halides is 3. The Hall–Kier alpha value is -0.750. The molecule has 19 heavy (non-hydrogen) atoms. The quantitative estimate of drug-likeness (QED) is 0.844. The standard InChI is InChI=1S/C13H18BrF3N2/c1-3-6-19(9-13(15,16)17)11-5-4-10(8-18-2)12(14)7-11/h4-5,7,18H,3,6,8-9H2,1-2H3. The van der Waals surface area contributed by atoms with Crippen LogP contribution >= 0.6 is 15.9 Å². The van der Waals surface area contributed by atoms with Crippen molar-refractivity contribution in [2.45, 2.75) is 26.1 Å². The van der Waals surface area contributed by atoms with Crippen LogP contribution in [0.25, 0.3) is 0 Å². The third kappa shape index (κ3) is 5.40. The van der Waals surface area contributed by atoms with Gasteiger partial charge in [-0.3, -0.25) is 0 Å². The van der Waals surface area contributed by atoms with Gasteiger partial charge in [0.05, 0.1) is 0 Å². The molecular formula is C13H18BrF3N2. The summed E-state index contributed by atoms with van der Waals surface area (Å²) in [4.78, 5) is 1.36. The van der Waals surface area contributed by atoms with Crippen molar-refractivity contribution in [3.05, 3.63) is 28.2 Å². The predicted molar refractivity (Wildman–Crippen MR) is 75.5 cm³/mol. The summed E-state index contributed by atoms with van der Waals surface area (Å²) in [7, 11) is 1.83. The van der Waals surface area contributed by atoms with Crippen molar-refractivity contribution in [1.82, 2.24) is 5.32 Å². The lowest BCUT2D eigenvalue weighted by Gasteiger charge is -2.26. The number of nitrogens with one attached hydrogen (secondary N) is 1. The summed E-state index contributed by atoms with van der Waals surface area (Å²) in [5.74, 6) is 0. The van der Waals surface area contributed by atoms with Crippen LogP contribution in [-0.2, 0) is 6.54 Å². The topological polar surface area (TPSA) is 15.3 Å². The summed E-state index contributed by atoms with van der Waals surface area (Å²) in [6.45, 7) is 2.01. The number of rotatable bonds is 6. The highest BCUT2D eigenvalue weighted by atomic mass is 79.9. The summed E-state index contributed by atoms with van der Waals surface area (Å²) in [5, 5.41) is 3.01. The first-order valence-electron chi connectivity index (χ1n) is 6.12. The molecule has 0 aliphatic carbocycles. The van der Waals surface area contributed by atoms with Crippen LogP contribution in [0.2, 0.25) is 0 Å². The molecule has 6 heteroatoms. The lowest BCUT2D eigenvalue weighted by Crippen LogP contribution is -2.34. The summed E-state index contributed by atoms with van der Waals surface area (Å²) in [6.07, 6.45) is -3.52. The van der Waals surface area contributed by atoms with E-state index in [0.717, 1.165) is 10.0 Å². The van der Waals surface area contributed by atoms with E-state index in [1.165, 1.54) is 4.90 Å². The molecule has 1 aromatic carbocycles. The number of halogens is 4. The molecule has 1 rings (SSSR count). The molecule has 0 saturated heterocycles. The normalized spacial score (nSPS) is 11.7. The fourth-order valence-electron chi connectivity index (χ4n) is 1.85. The predicted octanol–water partition coefficient (Wildman–Crippen LogP) is 3.95. The second-order valence-electron chi connectivity index (χ2n) is 4.34. The van der Waals surface area contributed by atoms with Crippen LogP contribution in [-0.4, -0.2) is 26.3 Å². The van der Waals surface area contributed by atoms with Crippen molar-refractivity contribution in [2.24, 2.45) is 0 Å². The zero-order valence-corrected chi connectivity index (χ0v) is 12.6. The lowest BCUT2D eigenvalue weighted by atomic mass is 10.2. The Morgan fingerprint density at radius 1 is 1.32 bits per heavy atom. The first kappa shape index (κ1) is 16.3. The zero-order chi connectivity index (χ0) is 14.5. The van der Waals surface area contributed by atoms with E-state index in [4.69, 9.17) is 0 Å². The number of benzene rings is 1. The molecule has 0 unspecified atom stereocenters. The summed E-state index contributed by atoms with van der Waals surface area (Å²) < 4.78 is 38.5. The van der Waals surface area contributed by atoms with Crippen molar-refractivity contribution < 1.29 is 13.2 Å². The second kappa shape index (κ2) is 7.14. The molecule has 1 N–H and O–H groups in total. The monoisotopic (exact) mass is 338 g/mol. The Labute approximate surface area is 120 Å². The molecule has 2 nitrogen and oxygen atoms in total. The number of anilines is 1. The van der Waals surface area contributed by atoms with Crippen LogP contribution in [0.4, 0.5) is 18.9 Å². The Bertz CT molecular complexity index is 407. The fourth-order valence-corrected chi connectivity index (χ4v) is 2.36. The van der Waals surface area contributed by atoms with E-state index in [0.29, 0.717) is 25.2 Å². The van der Waals surface area contributed by atoms with Crippen molar-refractivity contribution >= 4 is 21.6 Å². The van der Waals surface area contributed by atoms with Gasteiger partial charge >= 0.3 is 6.18 Å². The molecule has 0 amide bonds. The van der Waals surface area contributed by atoms with Crippen molar-refractivity contribution in [3.8, 4) is 0 Å². The molecule has 0 aliphatic heterocycles. The molecule has 108 valence electrons. The minimum absolute atomic E-state index is 0.386. The summed E-state index contributed by atoms with van der Waals surface area (Å²) >= 11 is 3.40. The molecule has 1 aromatic rings. The van der Waals surface area contributed by atoms with Gasteiger partial charge in [0.25, 0.3) is 0 Å². The Morgan fingerprint density at radius 3 is 2.47 bits per heavy atom. The van der Waals surface area contributed by atoms with Crippen molar-refractivity contribution in [2.75, 3.05) is 25.0 Å². The van der Waals surface area contributed by atoms with Gasteiger partial charge in [0, 0.05) is 23.2 Å². The van der Waals surface area contributed by atoms with Gasteiger partial charge in [0.15, 0.2) is 0 Å². The first-order valence-corrected chi connectivity index (χ1v) is 6.91. The van der Waals surface area contributed by atoms with Gasteiger partial charge in [-0.2, -0.15) is 13.2 Å². The molecular weight excluding hydrogens is 321 g/mol. The van der Waals surface area contributed by atoms with Gasteiger partial charge in [-0.1, -0.05) is 28.9 Å². The molecule has 0 fully saturated rings. The van der Waals surface area contributed by atoms with Gasteiger partial charge in [-0.15, -0.1) is 0 Å². The van der Waals surface area contributed by atoms with Crippen LogP contribution in [0.1, 0.15) is 18.9 Å². The van der Waals surface area contributed by atoms with Gasteiger partial charge in [0.1, 0.15) is 6.54 Å². The highest BCUT2D eigenvalue weighted by Gasteiger charge is 2.30. The number of hydrogen-bond acceptors (Lipinski definition) is 2. The van der Waals surface area contributed by atoms with E-state index >= 15 is 0 Å². The van der Waals surface area contributed by atoms with Crippen LogP contribution in [0.15, 0.2) is 22.7 Å². The van der Waals surface area contributed by atoms with Gasteiger partial charge < -0.3 is 10.2 Å². The second-order valence-corrected chi connectivity index (χ2v) is 5.20. The molecule has 0 spiro atoms. The van der Waals surface area contributed by atoms with E-state index in [1.807, 2.05) is 20.0 Å². The van der Waals surface area contributed by atoms with E-state index in [1.54, 1.807) is 12.1 Å². The lowest BCUT2D eigenvalue weighted by molar-refractivity contribution is -0.119. The van der Waals surface area contributed by atoms with Gasteiger partial charge in [-0.05, 0) is 31.2 Å². The maximum absolute atomic E-state index is 12.6. The summed E-state index contributed by atoms with van der Waals surface area (Å²) in [5.41, 5.74) is 1.61. The smallest absolute Gasteiger partial charge is 0.363 e. The average molecular weight is 339 g/mol. The van der Waals surface area contributed by atoms with E-state index in [9.17, 15) is 13.2 Å². The minimum Gasteiger partial charge on any atom is -0.363 e. The number of nitrogens with zero attached hydrogens (tertiary/aromatic N) is 1. The third-order valence-electron chi connectivity index (χ3n) is 2.63. The van der Waals surface area contributed by atoms with Crippen molar-refractivity contribution in [3.63, 3.8) is 0 Å². The molecule has 0 aliphatic rings. The minimum atomic E-state index is -4.19. The molecule has 0 radical (unpaired) electrons. The van der Waals surface area contributed by atoms with Crippen LogP contribution in [0, 0.1) is 0 Å². The maximum atomic E-state index is 12.6. The van der Waals surface area contributed by atoms with Crippen LogP contribution < -0.4 is 10.2 Å². The largest absolute Gasteiger partial charge is 0.405 e. The molecule has 0 atom stereocenters. The molecule has 0 heterocycles. The Balaban J connectivity index is 2.93. The number of hydrogen-bond donors (Lipinski definition) is 1. The van der Waals surface area contributed by atoms with Gasteiger partial charge in [-0.25, -0.2) is 0 Å². The summed E-state index contributed by atoms with van der Waals surface area (Å²) in [6, 6.07) is 5.32. The van der Waals surface area contributed by atoms with Crippen LogP contribution in [0.5, 0.6) is 0 Å². The Morgan fingerprint density at radius 2 is 2.00 bits per heavy atom. The molecule has 0 bridgehead atoms. The third-order valence-corrected chi connectivity index (χ3v) is 3.37.